The van der Waals surface area contributed by atoms with Crippen LogP contribution in [-0.4, -0.2) is 15.6 Å². The van der Waals surface area contributed by atoms with Crippen molar-refractivity contribution in [2.75, 3.05) is 0 Å². The molecule has 0 saturated heterocycles. The van der Waals surface area contributed by atoms with Gasteiger partial charge in [0.1, 0.15) is 5.69 Å². The average Bonchev–Trinajstić information content (AvgIpc) is 3.07. The Labute approximate surface area is 115 Å². The molecule has 0 amide bonds. The maximum absolute atomic E-state index is 12.5. The number of nitrogens with zero attached hydrogens (tertiary/aromatic N) is 2. The van der Waals surface area contributed by atoms with Gasteiger partial charge in [0.15, 0.2) is 0 Å². The molecule has 0 unspecified atom stereocenters. The smallest absolute Gasteiger partial charge is 0.221 e. The number of carbonyl (C=O) groups is 1. The van der Waals surface area contributed by atoms with Crippen molar-refractivity contribution in [3.63, 3.8) is 0 Å². The molecule has 0 radical (unpaired) electrons. The summed E-state index contributed by atoms with van der Waals surface area (Å²) in [4.78, 5) is 14.3. The number of hydrogen-bond donors (Lipinski definition) is 0. The molecule has 0 aliphatic rings. The molecule has 0 N–H and O–H groups in total. The molecule has 0 atom stereocenters. The molecule has 0 bridgehead atoms. The van der Waals surface area contributed by atoms with Crippen LogP contribution < -0.4 is 0 Å². The maximum atomic E-state index is 12.5. The third-order valence-corrected chi connectivity index (χ3v) is 3.84. The molecule has 3 aromatic rings. The number of ketones is 1. The van der Waals surface area contributed by atoms with Gasteiger partial charge < -0.3 is 0 Å². The Bertz CT molecular complexity index is 713. The number of thiophene rings is 1. The third kappa shape index (κ3) is 2.22. The fourth-order valence-corrected chi connectivity index (χ4v) is 2.75. The second kappa shape index (κ2) is 4.82. The summed E-state index contributed by atoms with van der Waals surface area (Å²) >= 11 is 1.51. The Morgan fingerprint density at radius 1 is 1.11 bits per heavy atom. The summed E-state index contributed by atoms with van der Waals surface area (Å²) < 4.78 is 1.68. The molecule has 4 heteroatoms. The van der Waals surface area contributed by atoms with Crippen LogP contribution in [0.2, 0.25) is 0 Å². The Balaban J connectivity index is 2.03. The molecule has 19 heavy (non-hydrogen) atoms. The van der Waals surface area contributed by atoms with Crippen LogP contribution in [0.1, 0.15) is 20.2 Å². The number of rotatable bonds is 3. The standard InChI is InChI=1S/C15H12N2OS/c1-11-7-8-14(19-11)15(18)13-9-10-16-17(13)12-5-3-2-4-6-12/h2-10H,1H3. The summed E-state index contributed by atoms with van der Waals surface area (Å²) in [6.07, 6.45) is 1.65. The Morgan fingerprint density at radius 2 is 1.89 bits per heavy atom. The van der Waals surface area contributed by atoms with Crippen LogP contribution in [0.25, 0.3) is 5.69 Å². The summed E-state index contributed by atoms with van der Waals surface area (Å²) in [5.74, 6) is 0.0134. The van der Waals surface area contributed by atoms with Crippen LogP contribution in [-0.2, 0) is 0 Å². The molecule has 94 valence electrons. The molecule has 2 aromatic heterocycles. The van der Waals surface area contributed by atoms with Crippen molar-refractivity contribution in [2.45, 2.75) is 6.92 Å². The van der Waals surface area contributed by atoms with Gasteiger partial charge in [-0.1, -0.05) is 18.2 Å². The molecule has 3 rings (SSSR count). The van der Waals surface area contributed by atoms with Gasteiger partial charge in [-0.2, -0.15) is 5.10 Å². The minimum Gasteiger partial charge on any atom is -0.286 e. The quantitative estimate of drug-likeness (QED) is 0.682. The number of para-hydroxylation sites is 1. The monoisotopic (exact) mass is 268 g/mol. The number of aromatic nitrogens is 2. The second-order valence-corrected chi connectivity index (χ2v) is 5.49. The fraction of sp³-hybridized carbons (Fsp3) is 0.0667. The van der Waals surface area contributed by atoms with Crippen molar-refractivity contribution in [1.29, 1.82) is 0 Å². The van der Waals surface area contributed by atoms with E-state index in [4.69, 9.17) is 0 Å². The van der Waals surface area contributed by atoms with Gasteiger partial charge in [0.05, 0.1) is 16.8 Å². The van der Waals surface area contributed by atoms with E-state index in [2.05, 4.69) is 5.10 Å². The van der Waals surface area contributed by atoms with E-state index in [0.717, 1.165) is 15.4 Å². The molecular formula is C15H12N2OS. The van der Waals surface area contributed by atoms with E-state index in [-0.39, 0.29) is 5.78 Å². The first kappa shape index (κ1) is 11.9. The molecule has 0 fully saturated rings. The normalized spacial score (nSPS) is 10.6. The van der Waals surface area contributed by atoms with Crippen LogP contribution in [0, 0.1) is 6.92 Å². The van der Waals surface area contributed by atoms with Gasteiger partial charge >= 0.3 is 0 Å². The molecule has 1 aromatic carbocycles. The first-order chi connectivity index (χ1) is 9.25. The zero-order valence-corrected chi connectivity index (χ0v) is 11.2. The van der Waals surface area contributed by atoms with Gasteiger partial charge in [0.2, 0.25) is 5.78 Å². The predicted octanol–water partition coefficient (Wildman–Crippen LogP) is 3.47. The van der Waals surface area contributed by atoms with Crippen LogP contribution >= 0.6 is 11.3 Å². The van der Waals surface area contributed by atoms with Crippen molar-refractivity contribution in [2.24, 2.45) is 0 Å². The summed E-state index contributed by atoms with van der Waals surface area (Å²) in [7, 11) is 0. The summed E-state index contributed by atoms with van der Waals surface area (Å²) in [6.45, 7) is 2.00. The lowest BCUT2D eigenvalue weighted by atomic mass is 10.2. The second-order valence-electron chi connectivity index (χ2n) is 4.20. The minimum absolute atomic E-state index is 0.0134. The van der Waals surface area contributed by atoms with Crippen LogP contribution in [0.5, 0.6) is 0 Å². The van der Waals surface area contributed by atoms with Crippen LogP contribution in [0.3, 0.4) is 0 Å². The van der Waals surface area contributed by atoms with Gasteiger partial charge in [-0.15, -0.1) is 11.3 Å². The Morgan fingerprint density at radius 3 is 2.58 bits per heavy atom. The SMILES string of the molecule is Cc1ccc(C(=O)c2ccnn2-c2ccccc2)s1. The lowest BCUT2D eigenvalue weighted by Crippen LogP contribution is -2.08. The number of benzene rings is 1. The van der Waals surface area contributed by atoms with Crippen LogP contribution in [0.15, 0.2) is 54.7 Å². The topological polar surface area (TPSA) is 34.9 Å². The molecule has 0 aliphatic carbocycles. The summed E-state index contributed by atoms with van der Waals surface area (Å²) in [5, 5.41) is 4.24. The zero-order valence-electron chi connectivity index (χ0n) is 10.4. The Kier molecular flexibility index (Phi) is 3.01. The lowest BCUT2D eigenvalue weighted by Gasteiger charge is -2.05. The minimum atomic E-state index is 0.0134. The highest BCUT2D eigenvalue weighted by Crippen LogP contribution is 2.20. The van der Waals surface area contributed by atoms with E-state index < -0.39 is 0 Å². The molecule has 0 spiro atoms. The van der Waals surface area contributed by atoms with E-state index in [0.29, 0.717) is 5.69 Å². The van der Waals surface area contributed by atoms with Crippen molar-refractivity contribution in [3.05, 3.63) is 70.2 Å². The van der Waals surface area contributed by atoms with E-state index >= 15 is 0 Å². The van der Waals surface area contributed by atoms with Crippen molar-refractivity contribution in [3.8, 4) is 5.69 Å². The molecule has 0 aliphatic heterocycles. The number of aryl methyl sites for hydroxylation is 1. The molecule has 0 saturated carbocycles. The zero-order chi connectivity index (χ0) is 13.2. The summed E-state index contributed by atoms with van der Waals surface area (Å²) in [6, 6.07) is 15.3. The van der Waals surface area contributed by atoms with Crippen molar-refractivity contribution >= 4 is 17.1 Å². The van der Waals surface area contributed by atoms with E-state index in [1.54, 1.807) is 16.9 Å². The maximum Gasteiger partial charge on any atom is 0.221 e. The first-order valence-corrected chi connectivity index (χ1v) is 6.78. The predicted molar refractivity (Wildman–Crippen MR) is 76.1 cm³/mol. The van der Waals surface area contributed by atoms with Gasteiger partial charge in [0.25, 0.3) is 0 Å². The van der Waals surface area contributed by atoms with Crippen LogP contribution in [0.4, 0.5) is 0 Å². The van der Waals surface area contributed by atoms with Gasteiger partial charge in [0, 0.05) is 4.88 Å². The highest BCUT2D eigenvalue weighted by atomic mass is 32.1. The molecule has 3 nitrogen and oxygen atoms in total. The van der Waals surface area contributed by atoms with E-state index in [1.165, 1.54) is 11.3 Å². The average molecular weight is 268 g/mol. The van der Waals surface area contributed by atoms with Crippen molar-refractivity contribution in [1.82, 2.24) is 9.78 Å². The molecular weight excluding hydrogens is 256 g/mol. The highest BCUT2D eigenvalue weighted by molar-refractivity contribution is 7.14. The van der Waals surface area contributed by atoms with Gasteiger partial charge in [-0.3, -0.25) is 4.79 Å². The number of hydrogen-bond acceptors (Lipinski definition) is 3. The Hall–Kier alpha value is -2.20. The van der Waals surface area contributed by atoms with Crippen molar-refractivity contribution < 1.29 is 4.79 Å². The lowest BCUT2D eigenvalue weighted by molar-refractivity contribution is 0.103. The largest absolute Gasteiger partial charge is 0.286 e. The first-order valence-electron chi connectivity index (χ1n) is 5.96. The summed E-state index contributed by atoms with van der Waals surface area (Å²) in [5.41, 5.74) is 1.48. The highest BCUT2D eigenvalue weighted by Gasteiger charge is 2.16. The fourth-order valence-electron chi connectivity index (χ4n) is 1.93. The van der Waals surface area contributed by atoms with E-state index in [9.17, 15) is 4.79 Å². The third-order valence-electron chi connectivity index (χ3n) is 2.84. The number of carbonyl (C=O) groups excluding carboxylic acids is 1. The molecule has 2 heterocycles. The van der Waals surface area contributed by atoms with E-state index in [1.807, 2.05) is 49.4 Å². The van der Waals surface area contributed by atoms with Gasteiger partial charge in [-0.25, -0.2) is 4.68 Å². The van der Waals surface area contributed by atoms with Gasteiger partial charge in [-0.05, 0) is 37.3 Å².